The van der Waals surface area contributed by atoms with E-state index in [2.05, 4.69) is 51.2 Å². The molecule has 0 spiro atoms. The van der Waals surface area contributed by atoms with Crippen molar-refractivity contribution in [1.82, 2.24) is 15.1 Å². The number of nitrogens with zero attached hydrogens (tertiary/aromatic N) is 2. The van der Waals surface area contributed by atoms with Crippen LogP contribution in [0.25, 0.3) is 0 Å². The first-order valence-corrected chi connectivity index (χ1v) is 6.03. The maximum Gasteiger partial charge on any atom is 0.0524 e. The molecule has 1 aromatic rings. The average Bonchev–Trinajstić information content (AvgIpc) is 2.59. The van der Waals surface area contributed by atoms with Crippen LogP contribution in [-0.2, 0) is 7.05 Å². The molecular formula is C13H25N3. The van der Waals surface area contributed by atoms with Gasteiger partial charge in [0.1, 0.15) is 0 Å². The first-order valence-electron chi connectivity index (χ1n) is 6.03. The molecule has 0 fully saturated rings. The Hall–Kier alpha value is -0.830. The fraction of sp³-hybridized carbons (Fsp3) is 0.769. The zero-order valence-corrected chi connectivity index (χ0v) is 11.4. The minimum Gasteiger partial charge on any atom is -0.312 e. The van der Waals surface area contributed by atoms with Crippen LogP contribution in [0, 0.1) is 5.92 Å². The van der Waals surface area contributed by atoms with Crippen molar-refractivity contribution in [2.24, 2.45) is 13.0 Å². The first kappa shape index (κ1) is 13.2. The van der Waals surface area contributed by atoms with Crippen molar-refractivity contribution < 1.29 is 0 Å². The quantitative estimate of drug-likeness (QED) is 0.850. The highest BCUT2D eigenvalue weighted by atomic mass is 15.2. The van der Waals surface area contributed by atoms with Crippen molar-refractivity contribution in [1.29, 1.82) is 0 Å². The molecule has 92 valence electrons. The molecule has 1 heterocycles. The van der Waals surface area contributed by atoms with Gasteiger partial charge in [0.15, 0.2) is 0 Å². The van der Waals surface area contributed by atoms with Gasteiger partial charge in [-0.2, -0.15) is 5.10 Å². The van der Waals surface area contributed by atoms with Crippen LogP contribution in [0.1, 0.15) is 46.1 Å². The number of nitrogens with one attached hydrogen (secondary N) is 1. The molecule has 2 unspecified atom stereocenters. The molecule has 16 heavy (non-hydrogen) atoms. The summed E-state index contributed by atoms with van der Waals surface area (Å²) < 4.78 is 1.87. The highest BCUT2D eigenvalue weighted by Crippen LogP contribution is 2.23. The van der Waals surface area contributed by atoms with E-state index in [9.17, 15) is 0 Å². The molecule has 1 aromatic heterocycles. The van der Waals surface area contributed by atoms with E-state index < -0.39 is 0 Å². The Kier molecular flexibility index (Phi) is 4.14. The summed E-state index contributed by atoms with van der Waals surface area (Å²) in [4.78, 5) is 0. The number of hydrogen-bond acceptors (Lipinski definition) is 2. The number of aryl methyl sites for hydroxylation is 1. The van der Waals surface area contributed by atoms with E-state index in [0.717, 1.165) is 6.54 Å². The van der Waals surface area contributed by atoms with Crippen LogP contribution in [0.2, 0.25) is 0 Å². The van der Waals surface area contributed by atoms with E-state index in [1.54, 1.807) is 0 Å². The van der Waals surface area contributed by atoms with Crippen molar-refractivity contribution in [3.63, 3.8) is 0 Å². The van der Waals surface area contributed by atoms with Gasteiger partial charge in [-0.3, -0.25) is 4.68 Å². The van der Waals surface area contributed by atoms with Gasteiger partial charge >= 0.3 is 0 Å². The molecule has 0 radical (unpaired) electrons. The summed E-state index contributed by atoms with van der Waals surface area (Å²) in [7, 11) is 1.97. The largest absolute Gasteiger partial charge is 0.312 e. The second-order valence-corrected chi connectivity index (χ2v) is 5.84. The van der Waals surface area contributed by atoms with Gasteiger partial charge < -0.3 is 5.32 Å². The van der Waals surface area contributed by atoms with Gasteiger partial charge in [-0.1, -0.05) is 13.8 Å². The summed E-state index contributed by atoms with van der Waals surface area (Å²) in [5.41, 5.74) is 1.52. The second-order valence-electron chi connectivity index (χ2n) is 5.84. The van der Waals surface area contributed by atoms with Gasteiger partial charge in [0.2, 0.25) is 0 Å². The lowest BCUT2D eigenvalue weighted by molar-refractivity contribution is 0.359. The molecule has 3 nitrogen and oxygen atoms in total. The summed E-state index contributed by atoms with van der Waals surface area (Å²) >= 11 is 0. The summed E-state index contributed by atoms with van der Waals surface area (Å²) in [5.74, 6) is 1.16. The maximum absolute atomic E-state index is 4.23. The van der Waals surface area contributed by atoms with Crippen LogP contribution in [0.3, 0.4) is 0 Å². The molecule has 0 amide bonds. The molecule has 0 saturated heterocycles. The summed E-state index contributed by atoms with van der Waals surface area (Å²) in [6.45, 7) is 12.2. The predicted molar refractivity (Wildman–Crippen MR) is 68.5 cm³/mol. The molecular weight excluding hydrogens is 198 g/mol. The van der Waals surface area contributed by atoms with Gasteiger partial charge in [0, 0.05) is 18.8 Å². The zero-order chi connectivity index (χ0) is 12.3. The molecule has 2 atom stereocenters. The topological polar surface area (TPSA) is 29.9 Å². The smallest absolute Gasteiger partial charge is 0.0524 e. The van der Waals surface area contributed by atoms with E-state index in [4.69, 9.17) is 0 Å². The SMILES string of the molecule is CC(CNC(C)(C)C)C(C)c1cnn(C)c1. The third kappa shape index (κ3) is 3.97. The first-order chi connectivity index (χ1) is 7.29. The van der Waals surface area contributed by atoms with Crippen LogP contribution in [-0.4, -0.2) is 21.9 Å². The lowest BCUT2D eigenvalue weighted by Gasteiger charge is -2.26. The molecule has 0 saturated carbocycles. The highest BCUT2D eigenvalue weighted by Gasteiger charge is 2.18. The Morgan fingerprint density at radius 1 is 1.38 bits per heavy atom. The monoisotopic (exact) mass is 223 g/mol. The molecule has 0 bridgehead atoms. The second kappa shape index (κ2) is 5.00. The third-order valence-electron chi connectivity index (χ3n) is 3.06. The minimum absolute atomic E-state index is 0.197. The standard InChI is InChI=1S/C13H25N3/c1-10(7-14-13(3,4)5)11(2)12-8-15-16(6)9-12/h8-11,14H,7H2,1-6H3. The van der Waals surface area contributed by atoms with E-state index >= 15 is 0 Å². The van der Waals surface area contributed by atoms with Gasteiger partial charge in [-0.15, -0.1) is 0 Å². The van der Waals surface area contributed by atoms with E-state index in [-0.39, 0.29) is 5.54 Å². The molecule has 0 aromatic carbocycles. The van der Waals surface area contributed by atoms with Crippen LogP contribution >= 0.6 is 0 Å². The predicted octanol–water partition coefficient (Wildman–Crippen LogP) is 2.55. The molecule has 0 aliphatic rings. The van der Waals surface area contributed by atoms with Crippen molar-refractivity contribution in [2.45, 2.75) is 46.1 Å². The highest BCUT2D eigenvalue weighted by molar-refractivity contribution is 5.11. The molecule has 3 heteroatoms. The zero-order valence-electron chi connectivity index (χ0n) is 11.4. The molecule has 1 N–H and O–H groups in total. The lowest BCUT2D eigenvalue weighted by atomic mass is 9.90. The van der Waals surface area contributed by atoms with Crippen LogP contribution in [0.15, 0.2) is 12.4 Å². The van der Waals surface area contributed by atoms with Gasteiger partial charge in [0.05, 0.1) is 6.20 Å². The fourth-order valence-corrected chi connectivity index (χ4v) is 1.65. The van der Waals surface area contributed by atoms with Crippen LogP contribution in [0.5, 0.6) is 0 Å². The minimum atomic E-state index is 0.197. The van der Waals surface area contributed by atoms with E-state index in [1.165, 1.54) is 5.56 Å². The van der Waals surface area contributed by atoms with Crippen molar-refractivity contribution in [3.8, 4) is 0 Å². The van der Waals surface area contributed by atoms with Crippen molar-refractivity contribution >= 4 is 0 Å². The Morgan fingerprint density at radius 2 is 2.00 bits per heavy atom. The Bertz CT molecular complexity index is 322. The summed E-state index contributed by atoms with van der Waals surface area (Å²) in [6.07, 6.45) is 4.08. The summed E-state index contributed by atoms with van der Waals surface area (Å²) in [6, 6.07) is 0. The van der Waals surface area contributed by atoms with Crippen molar-refractivity contribution in [2.75, 3.05) is 6.54 Å². The Balaban J connectivity index is 2.51. The van der Waals surface area contributed by atoms with Gasteiger partial charge in [-0.05, 0) is 44.7 Å². The van der Waals surface area contributed by atoms with E-state index in [1.807, 2.05) is 17.9 Å². The molecule has 0 aliphatic heterocycles. The van der Waals surface area contributed by atoms with Crippen molar-refractivity contribution in [3.05, 3.63) is 18.0 Å². The normalized spacial score (nSPS) is 16.1. The number of rotatable bonds is 4. The molecule has 0 aliphatic carbocycles. The summed E-state index contributed by atoms with van der Waals surface area (Å²) in [5, 5.41) is 7.78. The lowest BCUT2D eigenvalue weighted by Crippen LogP contribution is -2.39. The van der Waals surface area contributed by atoms with Gasteiger partial charge in [-0.25, -0.2) is 0 Å². The average molecular weight is 223 g/mol. The molecule has 1 rings (SSSR count). The van der Waals surface area contributed by atoms with Gasteiger partial charge in [0.25, 0.3) is 0 Å². The number of hydrogen-bond donors (Lipinski definition) is 1. The fourth-order valence-electron chi connectivity index (χ4n) is 1.65. The van der Waals surface area contributed by atoms with Crippen LogP contribution in [0.4, 0.5) is 0 Å². The third-order valence-corrected chi connectivity index (χ3v) is 3.06. The Morgan fingerprint density at radius 3 is 2.44 bits per heavy atom. The number of aromatic nitrogens is 2. The Labute approximate surface area is 99.2 Å². The van der Waals surface area contributed by atoms with E-state index in [0.29, 0.717) is 11.8 Å². The maximum atomic E-state index is 4.23. The van der Waals surface area contributed by atoms with Crippen LogP contribution < -0.4 is 5.32 Å².